The van der Waals surface area contributed by atoms with Crippen LogP contribution in [-0.4, -0.2) is 35.2 Å². The summed E-state index contributed by atoms with van der Waals surface area (Å²) in [6.07, 6.45) is 1.58. The van der Waals surface area contributed by atoms with Gasteiger partial charge < -0.3 is 20.1 Å². The molecule has 10 heteroatoms. The highest BCUT2D eigenvalue weighted by Crippen LogP contribution is 2.55. The van der Waals surface area contributed by atoms with Gasteiger partial charge in [-0.2, -0.15) is 5.26 Å². The molecule has 1 aromatic heterocycles. The van der Waals surface area contributed by atoms with Crippen LogP contribution in [0.2, 0.25) is 0 Å². The molecule has 2 heterocycles. The van der Waals surface area contributed by atoms with E-state index >= 15 is 0 Å². The van der Waals surface area contributed by atoms with Crippen molar-refractivity contribution >= 4 is 28.2 Å². The molecule has 2 N–H and O–H groups in total. The number of rotatable bonds is 7. The summed E-state index contributed by atoms with van der Waals surface area (Å²) in [6, 6.07) is 16.5. The fourth-order valence-electron chi connectivity index (χ4n) is 5.55. The van der Waals surface area contributed by atoms with E-state index in [9.17, 15) is 19.2 Å². The van der Waals surface area contributed by atoms with Gasteiger partial charge in [0.2, 0.25) is 0 Å². The quantitative estimate of drug-likeness (QED) is 0.253. The Morgan fingerprint density at radius 2 is 1.88 bits per heavy atom. The van der Waals surface area contributed by atoms with E-state index in [-0.39, 0.29) is 46.2 Å². The molecule has 1 aliphatic carbocycles. The number of anilines is 2. The highest BCUT2D eigenvalue weighted by Gasteiger charge is 2.57. The molecule has 3 aromatic carbocycles. The molecule has 0 bridgehead atoms. The van der Waals surface area contributed by atoms with Crippen molar-refractivity contribution < 1.29 is 18.7 Å². The summed E-state index contributed by atoms with van der Waals surface area (Å²) in [5, 5.41) is 9.74. The smallest absolute Gasteiger partial charge is 0.338 e. The van der Waals surface area contributed by atoms with E-state index < -0.39 is 5.82 Å². The van der Waals surface area contributed by atoms with Crippen molar-refractivity contribution in [3.8, 4) is 17.6 Å². The molecule has 208 valence electrons. The number of halogens is 1. The van der Waals surface area contributed by atoms with E-state index in [0.29, 0.717) is 34.9 Å². The number of nitrogens with two attached hydrogens (primary N) is 1. The Labute approximate surface area is 235 Å². The first-order chi connectivity index (χ1) is 19.7. The van der Waals surface area contributed by atoms with Crippen molar-refractivity contribution in [2.45, 2.75) is 19.9 Å². The van der Waals surface area contributed by atoms with Crippen LogP contribution < -0.4 is 20.9 Å². The zero-order valence-electron chi connectivity index (χ0n) is 22.6. The first-order valence-corrected chi connectivity index (χ1v) is 13.4. The Hall–Kier alpha value is -4.91. The van der Waals surface area contributed by atoms with Crippen molar-refractivity contribution in [1.82, 2.24) is 9.55 Å². The molecule has 2 aliphatic rings. The summed E-state index contributed by atoms with van der Waals surface area (Å²) < 4.78 is 27.1. The lowest BCUT2D eigenvalue weighted by molar-refractivity contribution is 0.0459. The number of fused-ring (bicyclic) bond motifs is 2. The minimum atomic E-state index is -0.726. The van der Waals surface area contributed by atoms with Gasteiger partial charge in [0.05, 0.1) is 35.1 Å². The molecule has 6 rings (SSSR count). The van der Waals surface area contributed by atoms with Crippen LogP contribution in [-0.2, 0) is 4.74 Å². The third-order valence-corrected chi connectivity index (χ3v) is 7.71. The van der Waals surface area contributed by atoms with E-state index in [1.54, 1.807) is 35.2 Å². The van der Waals surface area contributed by atoms with Crippen LogP contribution in [0.5, 0.6) is 11.5 Å². The Morgan fingerprint density at radius 3 is 2.56 bits per heavy atom. The van der Waals surface area contributed by atoms with Crippen LogP contribution in [0.1, 0.15) is 35.8 Å². The summed E-state index contributed by atoms with van der Waals surface area (Å²) in [7, 11) is 0. The molecule has 3 atom stereocenters. The largest absolute Gasteiger partial charge is 0.462 e. The highest BCUT2D eigenvalue weighted by atomic mass is 19.1. The Kier molecular flexibility index (Phi) is 6.58. The number of carbonyl (C=O) groups is 1. The number of nitrogens with zero attached hydrogens (tertiary/aromatic N) is 4. The number of aromatic nitrogens is 2. The zero-order valence-corrected chi connectivity index (χ0v) is 22.6. The average molecular weight is 554 g/mol. The van der Waals surface area contributed by atoms with Gasteiger partial charge in [0.25, 0.3) is 5.56 Å². The van der Waals surface area contributed by atoms with Gasteiger partial charge >= 0.3 is 5.97 Å². The maximum absolute atomic E-state index is 14.4. The van der Waals surface area contributed by atoms with Gasteiger partial charge in [0, 0.05) is 36.7 Å². The van der Waals surface area contributed by atoms with Gasteiger partial charge in [-0.1, -0.05) is 13.8 Å². The van der Waals surface area contributed by atoms with Crippen molar-refractivity contribution in [1.29, 1.82) is 5.26 Å². The monoisotopic (exact) mass is 553 g/mol. The lowest BCUT2D eigenvalue weighted by Gasteiger charge is -2.23. The number of nitrogen functional groups attached to an aromatic ring is 1. The number of esters is 1. The van der Waals surface area contributed by atoms with Crippen molar-refractivity contribution in [3.63, 3.8) is 0 Å². The number of nitriles is 1. The molecule has 9 nitrogen and oxygen atoms in total. The molecule has 0 radical (unpaired) electrons. The van der Waals surface area contributed by atoms with E-state index in [1.807, 2.05) is 32.0 Å². The maximum atomic E-state index is 14.4. The van der Waals surface area contributed by atoms with E-state index in [1.165, 1.54) is 12.1 Å². The predicted molar refractivity (Wildman–Crippen MR) is 151 cm³/mol. The van der Waals surface area contributed by atoms with Crippen LogP contribution in [0.3, 0.4) is 0 Å². The fourth-order valence-corrected chi connectivity index (χ4v) is 5.55. The topological polar surface area (TPSA) is 123 Å². The Balaban J connectivity index is 1.17. The summed E-state index contributed by atoms with van der Waals surface area (Å²) in [4.78, 5) is 32.5. The third-order valence-electron chi connectivity index (χ3n) is 7.71. The van der Waals surface area contributed by atoms with E-state index in [4.69, 9.17) is 15.2 Å². The number of piperidine rings is 1. The normalized spacial score (nSPS) is 19.2. The zero-order chi connectivity index (χ0) is 28.8. The lowest BCUT2D eigenvalue weighted by atomic mass is 10.1. The molecule has 1 unspecified atom stereocenters. The second-order valence-corrected chi connectivity index (χ2v) is 11.0. The second kappa shape index (κ2) is 10.2. The van der Waals surface area contributed by atoms with E-state index in [2.05, 4.69) is 9.88 Å². The average Bonchev–Trinajstić information content (AvgIpc) is 3.44. The van der Waals surface area contributed by atoms with Gasteiger partial charge in [0.1, 0.15) is 17.4 Å². The molecule has 4 aromatic rings. The summed E-state index contributed by atoms with van der Waals surface area (Å²) >= 11 is 0. The number of hydrogen-bond acceptors (Lipinski definition) is 8. The number of carbonyl (C=O) groups excluding carboxylic acids is 1. The van der Waals surface area contributed by atoms with Gasteiger partial charge in [-0.05, 0) is 60.5 Å². The Bertz CT molecular complexity index is 1750. The van der Waals surface area contributed by atoms with Crippen molar-refractivity contribution in [2.24, 2.45) is 17.8 Å². The van der Waals surface area contributed by atoms with E-state index in [0.717, 1.165) is 24.8 Å². The van der Waals surface area contributed by atoms with Crippen LogP contribution in [0, 0.1) is 34.9 Å². The molecular formula is C31H28FN5O4. The number of benzene rings is 3. The minimum Gasteiger partial charge on any atom is -0.462 e. The third kappa shape index (κ3) is 4.84. The van der Waals surface area contributed by atoms with Gasteiger partial charge in [-0.3, -0.25) is 9.36 Å². The molecule has 1 saturated carbocycles. The standard InChI is InChI=1S/C31H28FN5O4/c1-17(2)15-40-31(39)18-3-5-19(6-4-18)36-13-23-24(14-36)28(23)37-16-35-27-10-7-20(11-21(27)30(37)38)41-29-22(12-33)26(34)9-8-25(29)32/h3-11,16-17,23-24,28H,13-15,34H2,1-2H3/t23-,24+,28?. The molecule has 41 heavy (non-hydrogen) atoms. The van der Waals surface area contributed by atoms with Crippen LogP contribution in [0.25, 0.3) is 10.9 Å². The minimum absolute atomic E-state index is 0.0297. The first-order valence-electron chi connectivity index (χ1n) is 13.4. The predicted octanol–water partition coefficient (Wildman–Crippen LogP) is 4.90. The molecule has 0 amide bonds. The first kappa shape index (κ1) is 26.3. The Morgan fingerprint density at radius 1 is 1.15 bits per heavy atom. The van der Waals surface area contributed by atoms with Gasteiger partial charge in [0.15, 0.2) is 11.6 Å². The molecule has 1 saturated heterocycles. The molecule has 2 fully saturated rings. The molecule has 0 spiro atoms. The van der Waals surface area contributed by atoms with Crippen LogP contribution >= 0.6 is 0 Å². The van der Waals surface area contributed by atoms with Crippen molar-refractivity contribution in [3.05, 3.63) is 88.2 Å². The van der Waals surface area contributed by atoms with Crippen molar-refractivity contribution in [2.75, 3.05) is 30.3 Å². The van der Waals surface area contributed by atoms with Crippen LogP contribution in [0.15, 0.2) is 65.7 Å². The lowest BCUT2D eigenvalue weighted by Crippen LogP contribution is -2.28. The fraction of sp³-hybridized carbons (Fsp3) is 0.290. The summed E-state index contributed by atoms with van der Waals surface area (Å²) in [5.74, 6) is -0.268. The molecular weight excluding hydrogens is 525 g/mol. The maximum Gasteiger partial charge on any atom is 0.338 e. The number of ether oxygens (including phenoxy) is 2. The van der Waals surface area contributed by atoms with Gasteiger partial charge in [-0.25, -0.2) is 14.2 Å². The highest BCUT2D eigenvalue weighted by molar-refractivity contribution is 5.89. The van der Waals surface area contributed by atoms with Crippen LogP contribution in [0.4, 0.5) is 15.8 Å². The summed E-state index contributed by atoms with van der Waals surface area (Å²) in [6.45, 7) is 5.94. The summed E-state index contributed by atoms with van der Waals surface area (Å²) in [5.41, 5.74) is 7.63. The second-order valence-electron chi connectivity index (χ2n) is 11.0. The SMILES string of the molecule is CC(C)COC(=O)c1ccc(N2C[C@@H]3C(n4cnc5ccc(Oc6c(F)ccc(N)c6C#N)cc5c4=O)[C@@H]3C2)cc1. The van der Waals surface area contributed by atoms with Gasteiger partial charge in [-0.15, -0.1) is 0 Å². The number of hydrogen-bond donors (Lipinski definition) is 1. The molecule has 1 aliphatic heterocycles.